The van der Waals surface area contributed by atoms with Gasteiger partial charge in [0.25, 0.3) is 11.5 Å². The van der Waals surface area contributed by atoms with Crippen LogP contribution in [0.2, 0.25) is 0 Å². The van der Waals surface area contributed by atoms with Gasteiger partial charge in [0, 0.05) is 24.3 Å². The maximum atomic E-state index is 12.9. The number of pyridine rings is 1. The molecule has 2 aromatic carbocycles. The first-order valence-electron chi connectivity index (χ1n) is 9.43. The average molecular weight is 384 g/mol. The SMILES string of the molecule is O=C(NCCc1cccnc1)c1nn(Cc2ccccc2)c(=O)c2ccccc12. The maximum Gasteiger partial charge on any atom is 0.274 e. The molecule has 0 spiro atoms. The Morgan fingerprint density at radius 3 is 2.38 bits per heavy atom. The molecule has 4 rings (SSSR count). The van der Waals surface area contributed by atoms with Crippen LogP contribution in [0.1, 0.15) is 21.6 Å². The number of benzene rings is 2. The van der Waals surface area contributed by atoms with Crippen LogP contribution >= 0.6 is 0 Å². The van der Waals surface area contributed by atoms with E-state index < -0.39 is 0 Å². The Bertz CT molecular complexity index is 1190. The van der Waals surface area contributed by atoms with Crippen LogP contribution in [0, 0.1) is 0 Å². The molecule has 6 nitrogen and oxygen atoms in total. The van der Waals surface area contributed by atoms with Crippen LogP contribution in [-0.2, 0) is 13.0 Å². The van der Waals surface area contributed by atoms with E-state index in [4.69, 9.17) is 0 Å². The quantitative estimate of drug-likeness (QED) is 0.555. The number of hydrogen-bond acceptors (Lipinski definition) is 4. The van der Waals surface area contributed by atoms with Crippen LogP contribution in [-0.4, -0.2) is 27.2 Å². The summed E-state index contributed by atoms with van der Waals surface area (Å²) in [6.07, 6.45) is 4.16. The lowest BCUT2D eigenvalue weighted by molar-refractivity contribution is 0.0948. The molecule has 0 aliphatic carbocycles. The predicted molar refractivity (Wildman–Crippen MR) is 112 cm³/mol. The van der Waals surface area contributed by atoms with Gasteiger partial charge in [-0.05, 0) is 29.7 Å². The van der Waals surface area contributed by atoms with E-state index in [-0.39, 0.29) is 17.2 Å². The van der Waals surface area contributed by atoms with Crippen molar-refractivity contribution in [3.8, 4) is 0 Å². The Morgan fingerprint density at radius 2 is 1.62 bits per heavy atom. The van der Waals surface area contributed by atoms with E-state index in [1.807, 2.05) is 42.5 Å². The van der Waals surface area contributed by atoms with Crippen molar-refractivity contribution in [3.63, 3.8) is 0 Å². The minimum absolute atomic E-state index is 0.212. The molecule has 1 amide bonds. The predicted octanol–water partition coefficient (Wildman–Crippen LogP) is 2.81. The Labute approximate surface area is 167 Å². The molecule has 0 radical (unpaired) electrons. The summed E-state index contributed by atoms with van der Waals surface area (Å²) < 4.78 is 1.35. The van der Waals surface area contributed by atoms with Gasteiger partial charge in [-0.25, -0.2) is 4.68 Å². The fourth-order valence-corrected chi connectivity index (χ4v) is 3.22. The van der Waals surface area contributed by atoms with Crippen molar-refractivity contribution in [3.05, 3.63) is 106 Å². The molecule has 0 unspecified atom stereocenters. The zero-order valence-corrected chi connectivity index (χ0v) is 15.8. The Hall–Kier alpha value is -3.80. The van der Waals surface area contributed by atoms with E-state index in [1.54, 1.807) is 36.7 Å². The normalized spacial score (nSPS) is 10.8. The van der Waals surface area contributed by atoms with E-state index in [9.17, 15) is 9.59 Å². The Kier molecular flexibility index (Phi) is 5.42. The number of carbonyl (C=O) groups excluding carboxylic acids is 1. The molecule has 1 N–H and O–H groups in total. The summed E-state index contributed by atoms with van der Waals surface area (Å²) in [5, 5.41) is 8.35. The summed E-state index contributed by atoms with van der Waals surface area (Å²) in [6.45, 7) is 0.763. The standard InChI is InChI=1S/C23H20N4O2/c28-22(25-14-12-17-9-6-13-24-15-17)21-19-10-4-5-11-20(19)23(29)27(26-21)16-18-7-2-1-3-8-18/h1-11,13,15H,12,14,16H2,(H,25,28). The minimum Gasteiger partial charge on any atom is -0.350 e. The summed E-state index contributed by atoms with van der Waals surface area (Å²) in [5.41, 5.74) is 2.03. The highest BCUT2D eigenvalue weighted by Crippen LogP contribution is 2.14. The molecule has 0 bridgehead atoms. The summed E-state index contributed by atoms with van der Waals surface area (Å²) in [5.74, 6) is -0.299. The molecule has 144 valence electrons. The molecule has 0 fully saturated rings. The molecule has 6 heteroatoms. The molecular formula is C23H20N4O2. The van der Waals surface area contributed by atoms with E-state index >= 15 is 0 Å². The molecule has 0 atom stereocenters. The number of hydrogen-bond donors (Lipinski definition) is 1. The third-order valence-electron chi connectivity index (χ3n) is 4.68. The smallest absolute Gasteiger partial charge is 0.274 e. The average Bonchev–Trinajstić information content (AvgIpc) is 2.77. The fourth-order valence-electron chi connectivity index (χ4n) is 3.22. The molecule has 0 aliphatic heterocycles. The van der Waals surface area contributed by atoms with Crippen LogP contribution in [0.15, 0.2) is 83.9 Å². The lowest BCUT2D eigenvalue weighted by atomic mass is 10.1. The van der Waals surface area contributed by atoms with Crippen molar-refractivity contribution in [1.29, 1.82) is 0 Å². The van der Waals surface area contributed by atoms with Gasteiger partial charge in [0.1, 0.15) is 0 Å². The summed E-state index contributed by atoms with van der Waals surface area (Å²) in [6, 6.07) is 20.5. The first-order chi connectivity index (χ1) is 14.2. The molecule has 0 saturated carbocycles. The second-order valence-electron chi connectivity index (χ2n) is 6.71. The number of nitrogens with one attached hydrogen (secondary N) is 1. The largest absolute Gasteiger partial charge is 0.350 e. The van der Waals surface area contributed by atoms with Crippen molar-refractivity contribution < 1.29 is 4.79 Å². The maximum absolute atomic E-state index is 12.9. The number of fused-ring (bicyclic) bond motifs is 1. The monoisotopic (exact) mass is 384 g/mol. The molecular weight excluding hydrogens is 364 g/mol. The molecule has 0 saturated heterocycles. The number of nitrogens with zero attached hydrogens (tertiary/aromatic N) is 3. The van der Waals surface area contributed by atoms with E-state index in [0.29, 0.717) is 30.3 Å². The van der Waals surface area contributed by atoms with Crippen LogP contribution in [0.5, 0.6) is 0 Å². The van der Waals surface area contributed by atoms with Crippen LogP contribution < -0.4 is 10.9 Å². The van der Waals surface area contributed by atoms with E-state index in [1.165, 1.54) is 4.68 Å². The number of carbonyl (C=O) groups is 1. The van der Waals surface area contributed by atoms with Gasteiger partial charge in [-0.3, -0.25) is 14.6 Å². The summed E-state index contributed by atoms with van der Waals surface area (Å²) in [7, 11) is 0. The molecule has 0 aliphatic rings. The van der Waals surface area contributed by atoms with Gasteiger partial charge >= 0.3 is 0 Å². The lowest BCUT2D eigenvalue weighted by Crippen LogP contribution is -2.32. The van der Waals surface area contributed by atoms with Crippen LogP contribution in [0.25, 0.3) is 10.8 Å². The second kappa shape index (κ2) is 8.48. The molecule has 29 heavy (non-hydrogen) atoms. The van der Waals surface area contributed by atoms with Gasteiger partial charge in [0.05, 0.1) is 11.9 Å². The van der Waals surface area contributed by atoms with Gasteiger partial charge in [-0.2, -0.15) is 5.10 Å². The van der Waals surface area contributed by atoms with E-state index in [2.05, 4.69) is 15.4 Å². The summed E-state index contributed by atoms with van der Waals surface area (Å²) >= 11 is 0. The second-order valence-corrected chi connectivity index (χ2v) is 6.71. The highest BCUT2D eigenvalue weighted by Gasteiger charge is 2.16. The van der Waals surface area contributed by atoms with Crippen LogP contribution in [0.3, 0.4) is 0 Å². The summed E-state index contributed by atoms with van der Waals surface area (Å²) in [4.78, 5) is 29.8. The van der Waals surface area contributed by atoms with Crippen molar-refractivity contribution in [1.82, 2.24) is 20.1 Å². The number of amides is 1. The van der Waals surface area contributed by atoms with Gasteiger partial charge in [-0.1, -0.05) is 54.6 Å². The zero-order valence-electron chi connectivity index (χ0n) is 15.8. The third kappa shape index (κ3) is 4.21. The first kappa shape index (κ1) is 18.6. The third-order valence-corrected chi connectivity index (χ3v) is 4.68. The van der Waals surface area contributed by atoms with Gasteiger partial charge < -0.3 is 5.32 Å². The van der Waals surface area contributed by atoms with Gasteiger partial charge in [-0.15, -0.1) is 0 Å². The Balaban J connectivity index is 1.63. The van der Waals surface area contributed by atoms with Crippen molar-refractivity contribution in [2.24, 2.45) is 0 Å². The first-order valence-corrected chi connectivity index (χ1v) is 9.43. The van der Waals surface area contributed by atoms with Crippen LogP contribution in [0.4, 0.5) is 0 Å². The molecule has 4 aromatic rings. The lowest BCUT2D eigenvalue weighted by Gasteiger charge is -2.11. The fraction of sp³-hybridized carbons (Fsp3) is 0.130. The topological polar surface area (TPSA) is 76.9 Å². The number of rotatable bonds is 6. The molecule has 2 aromatic heterocycles. The van der Waals surface area contributed by atoms with Crippen molar-refractivity contribution in [2.45, 2.75) is 13.0 Å². The van der Waals surface area contributed by atoms with Gasteiger partial charge in [0.15, 0.2) is 5.69 Å². The molecule has 2 heterocycles. The highest BCUT2D eigenvalue weighted by molar-refractivity contribution is 6.04. The van der Waals surface area contributed by atoms with Gasteiger partial charge in [0.2, 0.25) is 0 Å². The zero-order chi connectivity index (χ0) is 20.1. The Morgan fingerprint density at radius 1 is 0.897 bits per heavy atom. The van der Waals surface area contributed by atoms with Crippen molar-refractivity contribution >= 4 is 16.7 Å². The minimum atomic E-state index is -0.299. The van der Waals surface area contributed by atoms with E-state index in [0.717, 1.165) is 11.1 Å². The number of aromatic nitrogens is 3. The van der Waals surface area contributed by atoms with Crippen molar-refractivity contribution in [2.75, 3.05) is 6.54 Å². The highest BCUT2D eigenvalue weighted by atomic mass is 16.2.